The molecule has 1 saturated heterocycles. The third-order valence-electron chi connectivity index (χ3n) is 4.76. The number of fused-ring (bicyclic) bond motifs is 1. The first-order valence-corrected chi connectivity index (χ1v) is 8.55. The highest BCUT2D eigenvalue weighted by Crippen LogP contribution is 2.31. The Bertz CT molecular complexity index is 498. The fourth-order valence-corrected chi connectivity index (χ4v) is 3.45. The van der Waals surface area contributed by atoms with Crippen LogP contribution < -0.4 is 15.4 Å². The van der Waals surface area contributed by atoms with Crippen molar-refractivity contribution in [3.63, 3.8) is 0 Å². The normalized spacial score (nSPS) is 22.3. The standard InChI is InChI=1S/C18H26N2O2/c21-18(8-7-14-9-11-19-12-10-14)20-16-5-3-13-22-17-6-2-1-4-15(16)17/h1-2,4,6,14,16,19H,3,5,7-13H2,(H,20,21). The zero-order valence-corrected chi connectivity index (χ0v) is 13.1. The summed E-state index contributed by atoms with van der Waals surface area (Å²) < 4.78 is 5.76. The third-order valence-corrected chi connectivity index (χ3v) is 4.76. The molecule has 1 fully saturated rings. The second-order valence-electron chi connectivity index (χ2n) is 6.38. The van der Waals surface area contributed by atoms with E-state index in [4.69, 9.17) is 4.74 Å². The maximum Gasteiger partial charge on any atom is 0.220 e. The summed E-state index contributed by atoms with van der Waals surface area (Å²) in [7, 11) is 0. The number of benzene rings is 1. The number of hydrogen-bond donors (Lipinski definition) is 2. The van der Waals surface area contributed by atoms with E-state index in [0.717, 1.165) is 50.3 Å². The van der Waals surface area contributed by atoms with Crippen LogP contribution >= 0.6 is 0 Å². The molecule has 22 heavy (non-hydrogen) atoms. The lowest BCUT2D eigenvalue weighted by Crippen LogP contribution is -2.31. The first-order chi connectivity index (χ1) is 10.8. The predicted octanol–water partition coefficient (Wildman–Crippen LogP) is 2.80. The molecule has 0 radical (unpaired) electrons. The molecule has 3 rings (SSSR count). The average molecular weight is 302 g/mol. The van der Waals surface area contributed by atoms with E-state index < -0.39 is 0 Å². The Morgan fingerprint density at radius 2 is 2.05 bits per heavy atom. The van der Waals surface area contributed by atoms with Crippen molar-refractivity contribution >= 4 is 5.91 Å². The topological polar surface area (TPSA) is 50.4 Å². The van der Waals surface area contributed by atoms with Crippen molar-refractivity contribution in [1.82, 2.24) is 10.6 Å². The van der Waals surface area contributed by atoms with Crippen molar-refractivity contribution < 1.29 is 9.53 Å². The SMILES string of the molecule is O=C(CCC1CCNCC1)NC1CCCOc2ccccc21. The summed E-state index contributed by atoms with van der Waals surface area (Å²) in [6, 6.07) is 8.16. The highest BCUT2D eigenvalue weighted by atomic mass is 16.5. The van der Waals surface area contributed by atoms with E-state index in [9.17, 15) is 4.79 Å². The van der Waals surface area contributed by atoms with Crippen molar-refractivity contribution in [2.75, 3.05) is 19.7 Å². The van der Waals surface area contributed by atoms with Crippen LogP contribution in [0.25, 0.3) is 0 Å². The Labute approximate surface area is 132 Å². The van der Waals surface area contributed by atoms with E-state index in [1.807, 2.05) is 18.2 Å². The number of ether oxygens (including phenoxy) is 1. The second-order valence-corrected chi connectivity index (χ2v) is 6.38. The number of amides is 1. The van der Waals surface area contributed by atoms with Crippen LogP contribution in [0.5, 0.6) is 5.75 Å². The zero-order chi connectivity index (χ0) is 15.2. The molecule has 2 heterocycles. The number of piperidine rings is 1. The molecule has 1 atom stereocenters. The minimum atomic E-state index is 0.0965. The highest BCUT2D eigenvalue weighted by molar-refractivity contribution is 5.76. The fraction of sp³-hybridized carbons (Fsp3) is 0.611. The van der Waals surface area contributed by atoms with Gasteiger partial charge in [0.05, 0.1) is 12.6 Å². The quantitative estimate of drug-likeness (QED) is 0.899. The number of hydrogen-bond acceptors (Lipinski definition) is 3. The Balaban J connectivity index is 1.54. The van der Waals surface area contributed by atoms with Gasteiger partial charge in [-0.2, -0.15) is 0 Å². The maximum absolute atomic E-state index is 12.3. The Morgan fingerprint density at radius 1 is 1.23 bits per heavy atom. The van der Waals surface area contributed by atoms with Crippen molar-refractivity contribution in [2.45, 2.75) is 44.6 Å². The van der Waals surface area contributed by atoms with Crippen LogP contribution in [0.1, 0.15) is 50.1 Å². The minimum absolute atomic E-state index is 0.0965. The first kappa shape index (κ1) is 15.3. The van der Waals surface area contributed by atoms with Gasteiger partial charge in [-0.05, 0) is 57.2 Å². The van der Waals surface area contributed by atoms with Crippen LogP contribution in [-0.4, -0.2) is 25.6 Å². The lowest BCUT2D eigenvalue weighted by molar-refractivity contribution is -0.122. The van der Waals surface area contributed by atoms with Gasteiger partial charge in [0, 0.05) is 12.0 Å². The smallest absolute Gasteiger partial charge is 0.220 e. The predicted molar refractivity (Wildman–Crippen MR) is 86.9 cm³/mol. The van der Waals surface area contributed by atoms with Crippen LogP contribution in [-0.2, 0) is 4.79 Å². The number of para-hydroxylation sites is 1. The summed E-state index contributed by atoms with van der Waals surface area (Å²) in [4.78, 5) is 12.3. The summed E-state index contributed by atoms with van der Waals surface area (Å²) in [6.07, 6.45) is 5.99. The van der Waals surface area contributed by atoms with Crippen LogP contribution in [0.4, 0.5) is 0 Å². The lowest BCUT2D eigenvalue weighted by Gasteiger charge is -2.23. The molecule has 4 nitrogen and oxygen atoms in total. The minimum Gasteiger partial charge on any atom is -0.493 e. The van der Waals surface area contributed by atoms with Gasteiger partial charge in [-0.3, -0.25) is 4.79 Å². The van der Waals surface area contributed by atoms with Gasteiger partial charge in [0.1, 0.15) is 5.75 Å². The van der Waals surface area contributed by atoms with Crippen molar-refractivity contribution in [2.24, 2.45) is 5.92 Å². The van der Waals surface area contributed by atoms with Crippen LogP contribution in [0.15, 0.2) is 24.3 Å². The number of carbonyl (C=O) groups is 1. The summed E-state index contributed by atoms with van der Waals surface area (Å²) in [5.74, 6) is 1.81. The average Bonchev–Trinajstić information content (AvgIpc) is 2.77. The molecule has 1 amide bonds. The lowest BCUT2D eigenvalue weighted by atomic mass is 9.93. The summed E-state index contributed by atoms with van der Waals surface area (Å²) in [6.45, 7) is 2.93. The molecule has 0 saturated carbocycles. The molecular weight excluding hydrogens is 276 g/mol. The van der Waals surface area contributed by atoms with Gasteiger partial charge >= 0.3 is 0 Å². The molecule has 120 valence electrons. The molecular formula is C18H26N2O2. The Hall–Kier alpha value is -1.55. The molecule has 2 aliphatic heterocycles. The monoisotopic (exact) mass is 302 g/mol. The maximum atomic E-state index is 12.3. The van der Waals surface area contributed by atoms with E-state index in [1.54, 1.807) is 0 Å². The van der Waals surface area contributed by atoms with Crippen molar-refractivity contribution in [1.29, 1.82) is 0 Å². The van der Waals surface area contributed by atoms with Gasteiger partial charge in [0.15, 0.2) is 0 Å². The Morgan fingerprint density at radius 3 is 2.91 bits per heavy atom. The largest absolute Gasteiger partial charge is 0.493 e. The van der Waals surface area contributed by atoms with Gasteiger partial charge in [-0.25, -0.2) is 0 Å². The van der Waals surface area contributed by atoms with Gasteiger partial charge in [0.2, 0.25) is 5.91 Å². The molecule has 0 aromatic heterocycles. The van der Waals surface area contributed by atoms with E-state index in [-0.39, 0.29) is 11.9 Å². The molecule has 1 aromatic rings. The summed E-state index contributed by atoms with van der Waals surface area (Å²) >= 11 is 0. The van der Waals surface area contributed by atoms with E-state index >= 15 is 0 Å². The summed E-state index contributed by atoms with van der Waals surface area (Å²) in [5, 5.41) is 6.59. The molecule has 0 bridgehead atoms. The molecule has 2 aliphatic rings. The molecule has 1 aromatic carbocycles. The number of carbonyl (C=O) groups excluding carboxylic acids is 1. The number of nitrogens with one attached hydrogen (secondary N) is 2. The van der Waals surface area contributed by atoms with E-state index in [2.05, 4.69) is 16.7 Å². The molecule has 1 unspecified atom stereocenters. The third kappa shape index (κ3) is 4.01. The van der Waals surface area contributed by atoms with Gasteiger partial charge in [-0.1, -0.05) is 18.2 Å². The van der Waals surface area contributed by atoms with Gasteiger partial charge in [-0.15, -0.1) is 0 Å². The van der Waals surface area contributed by atoms with E-state index in [1.165, 1.54) is 12.8 Å². The molecule has 0 aliphatic carbocycles. The van der Waals surface area contributed by atoms with Crippen molar-refractivity contribution in [3.8, 4) is 5.75 Å². The molecule has 0 spiro atoms. The molecule has 4 heteroatoms. The van der Waals surface area contributed by atoms with Crippen LogP contribution in [0, 0.1) is 5.92 Å². The highest BCUT2D eigenvalue weighted by Gasteiger charge is 2.21. The number of rotatable bonds is 4. The van der Waals surface area contributed by atoms with E-state index in [0.29, 0.717) is 12.3 Å². The summed E-state index contributed by atoms with van der Waals surface area (Å²) in [5.41, 5.74) is 1.12. The first-order valence-electron chi connectivity index (χ1n) is 8.55. The Kier molecular flexibility index (Phi) is 5.33. The van der Waals surface area contributed by atoms with Crippen LogP contribution in [0.3, 0.4) is 0 Å². The molecule has 2 N–H and O–H groups in total. The second kappa shape index (κ2) is 7.63. The fourth-order valence-electron chi connectivity index (χ4n) is 3.45. The van der Waals surface area contributed by atoms with Crippen LogP contribution in [0.2, 0.25) is 0 Å². The zero-order valence-electron chi connectivity index (χ0n) is 13.1. The van der Waals surface area contributed by atoms with Gasteiger partial charge in [0.25, 0.3) is 0 Å². The van der Waals surface area contributed by atoms with Crippen molar-refractivity contribution in [3.05, 3.63) is 29.8 Å². The van der Waals surface area contributed by atoms with Gasteiger partial charge < -0.3 is 15.4 Å².